The summed E-state index contributed by atoms with van der Waals surface area (Å²) in [7, 11) is 2.15. The highest BCUT2D eigenvalue weighted by Crippen LogP contribution is 2.35. The van der Waals surface area contributed by atoms with Crippen LogP contribution < -0.4 is 10.6 Å². The van der Waals surface area contributed by atoms with Gasteiger partial charge in [0.25, 0.3) is 0 Å². The number of nitrogens with zero attached hydrogens (tertiary/aromatic N) is 1. The van der Waals surface area contributed by atoms with Gasteiger partial charge in [-0.3, -0.25) is 0 Å². The van der Waals surface area contributed by atoms with Crippen LogP contribution >= 0.6 is 0 Å². The lowest BCUT2D eigenvalue weighted by Gasteiger charge is -2.34. The van der Waals surface area contributed by atoms with Crippen LogP contribution in [-0.4, -0.2) is 13.6 Å². The summed E-state index contributed by atoms with van der Waals surface area (Å²) in [5.74, 6) is 0.670. The summed E-state index contributed by atoms with van der Waals surface area (Å²) in [6.07, 6.45) is 1.20. The van der Waals surface area contributed by atoms with E-state index in [0.717, 1.165) is 12.2 Å². The number of nitrogens with two attached hydrogens (primary N) is 1. The number of hydrogen-bond acceptors (Lipinski definition) is 2. The van der Waals surface area contributed by atoms with E-state index in [1.807, 2.05) is 12.1 Å². The number of anilines is 2. The molecule has 1 unspecified atom stereocenters. The summed E-state index contributed by atoms with van der Waals surface area (Å²) < 4.78 is 0. The standard InChI is InChI=1S/C16H18N2/c1-18(15-8-6-14(17)7-9-15)11-13-10-12-4-2-3-5-16(12)13/h2-9,13H,10-11,17H2,1H3. The molecule has 0 amide bonds. The number of benzene rings is 2. The summed E-state index contributed by atoms with van der Waals surface area (Å²) in [6, 6.07) is 16.8. The molecular weight excluding hydrogens is 220 g/mol. The maximum absolute atomic E-state index is 5.71. The van der Waals surface area contributed by atoms with Crippen LogP contribution in [0.1, 0.15) is 17.0 Å². The highest BCUT2D eigenvalue weighted by molar-refractivity contribution is 5.53. The van der Waals surface area contributed by atoms with Gasteiger partial charge in [0.05, 0.1) is 0 Å². The van der Waals surface area contributed by atoms with Gasteiger partial charge in [-0.1, -0.05) is 24.3 Å². The zero-order valence-corrected chi connectivity index (χ0v) is 10.6. The van der Waals surface area contributed by atoms with E-state index in [-0.39, 0.29) is 0 Å². The van der Waals surface area contributed by atoms with Crippen LogP contribution in [0.2, 0.25) is 0 Å². The third kappa shape index (κ3) is 1.94. The zero-order valence-electron chi connectivity index (χ0n) is 10.6. The first-order chi connectivity index (χ1) is 8.74. The number of fused-ring (bicyclic) bond motifs is 1. The quantitative estimate of drug-likeness (QED) is 0.833. The van der Waals surface area contributed by atoms with Crippen molar-refractivity contribution < 1.29 is 0 Å². The highest BCUT2D eigenvalue weighted by atomic mass is 15.1. The van der Waals surface area contributed by atoms with Crippen LogP contribution in [0.25, 0.3) is 0 Å². The molecule has 2 aromatic carbocycles. The Morgan fingerprint density at radius 3 is 2.56 bits per heavy atom. The summed E-state index contributed by atoms with van der Waals surface area (Å²) >= 11 is 0. The molecule has 1 atom stereocenters. The van der Waals surface area contributed by atoms with Gasteiger partial charge in [-0.25, -0.2) is 0 Å². The molecule has 1 aliphatic carbocycles. The number of rotatable bonds is 3. The Hall–Kier alpha value is -1.96. The molecule has 0 fully saturated rings. The zero-order chi connectivity index (χ0) is 12.5. The fourth-order valence-corrected chi connectivity index (χ4v) is 2.69. The third-order valence-corrected chi connectivity index (χ3v) is 3.79. The molecule has 0 aliphatic heterocycles. The number of nitrogen functional groups attached to an aromatic ring is 1. The van der Waals surface area contributed by atoms with E-state index in [2.05, 4.69) is 48.3 Å². The molecular formula is C16H18N2. The van der Waals surface area contributed by atoms with Crippen molar-refractivity contribution in [3.63, 3.8) is 0 Å². The predicted molar refractivity (Wildman–Crippen MR) is 77.0 cm³/mol. The van der Waals surface area contributed by atoms with Gasteiger partial charge >= 0.3 is 0 Å². The van der Waals surface area contributed by atoms with Crippen molar-refractivity contribution in [2.75, 3.05) is 24.2 Å². The minimum Gasteiger partial charge on any atom is -0.399 e. The van der Waals surface area contributed by atoms with Gasteiger partial charge < -0.3 is 10.6 Å². The molecule has 3 rings (SSSR count). The Balaban J connectivity index is 1.70. The molecule has 92 valence electrons. The van der Waals surface area contributed by atoms with Gasteiger partial charge in [0.1, 0.15) is 0 Å². The first-order valence-corrected chi connectivity index (χ1v) is 6.38. The van der Waals surface area contributed by atoms with Crippen molar-refractivity contribution in [3.05, 3.63) is 59.7 Å². The Labute approximate surface area is 108 Å². The SMILES string of the molecule is CN(CC1Cc2ccccc21)c1ccc(N)cc1. The molecule has 2 heteroatoms. The Morgan fingerprint density at radius 2 is 1.83 bits per heavy atom. The largest absolute Gasteiger partial charge is 0.399 e. The number of likely N-dealkylation sites (N-methyl/N-ethyl adjacent to an activating group) is 1. The summed E-state index contributed by atoms with van der Waals surface area (Å²) in [5, 5.41) is 0. The van der Waals surface area contributed by atoms with E-state index < -0.39 is 0 Å². The van der Waals surface area contributed by atoms with Crippen molar-refractivity contribution in [2.45, 2.75) is 12.3 Å². The van der Waals surface area contributed by atoms with E-state index in [1.165, 1.54) is 23.2 Å². The molecule has 0 aromatic heterocycles. The molecule has 0 saturated heterocycles. The minimum atomic E-state index is 0.670. The molecule has 2 nitrogen and oxygen atoms in total. The molecule has 0 saturated carbocycles. The number of hydrogen-bond donors (Lipinski definition) is 1. The molecule has 0 heterocycles. The Bertz CT molecular complexity index is 545. The predicted octanol–water partition coefficient (Wildman–Crippen LogP) is 3.04. The van der Waals surface area contributed by atoms with Gasteiger partial charge in [-0.2, -0.15) is 0 Å². The smallest absolute Gasteiger partial charge is 0.0365 e. The van der Waals surface area contributed by atoms with Crippen LogP contribution in [0.5, 0.6) is 0 Å². The monoisotopic (exact) mass is 238 g/mol. The van der Waals surface area contributed by atoms with Crippen LogP contribution in [0, 0.1) is 0 Å². The second kappa shape index (κ2) is 4.37. The van der Waals surface area contributed by atoms with Crippen molar-refractivity contribution in [1.82, 2.24) is 0 Å². The van der Waals surface area contributed by atoms with Gasteiger partial charge in [-0.15, -0.1) is 0 Å². The van der Waals surface area contributed by atoms with E-state index in [1.54, 1.807) is 0 Å². The van der Waals surface area contributed by atoms with Crippen molar-refractivity contribution >= 4 is 11.4 Å². The Morgan fingerprint density at radius 1 is 1.11 bits per heavy atom. The molecule has 1 aliphatic rings. The second-order valence-electron chi connectivity index (χ2n) is 5.07. The third-order valence-electron chi connectivity index (χ3n) is 3.79. The van der Waals surface area contributed by atoms with Gasteiger partial charge in [0, 0.05) is 30.9 Å². The van der Waals surface area contributed by atoms with Crippen LogP contribution in [0.15, 0.2) is 48.5 Å². The normalized spacial score (nSPS) is 16.8. The first kappa shape index (κ1) is 11.1. The van der Waals surface area contributed by atoms with Crippen LogP contribution in [-0.2, 0) is 6.42 Å². The first-order valence-electron chi connectivity index (χ1n) is 6.38. The minimum absolute atomic E-state index is 0.670. The lowest BCUT2D eigenvalue weighted by Crippen LogP contribution is -2.30. The summed E-state index contributed by atoms with van der Waals surface area (Å²) in [5.41, 5.74) is 10.8. The molecule has 18 heavy (non-hydrogen) atoms. The fraction of sp³-hybridized carbons (Fsp3) is 0.250. The lowest BCUT2D eigenvalue weighted by molar-refractivity contribution is 0.601. The van der Waals surface area contributed by atoms with Gasteiger partial charge in [0.2, 0.25) is 0 Å². The highest BCUT2D eigenvalue weighted by Gasteiger charge is 2.26. The van der Waals surface area contributed by atoms with Crippen molar-refractivity contribution in [3.8, 4) is 0 Å². The second-order valence-corrected chi connectivity index (χ2v) is 5.07. The fourth-order valence-electron chi connectivity index (χ4n) is 2.69. The summed E-state index contributed by atoms with van der Waals surface area (Å²) in [4.78, 5) is 2.31. The molecule has 0 spiro atoms. The maximum atomic E-state index is 5.71. The molecule has 0 radical (unpaired) electrons. The Kier molecular flexibility index (Phi) is 2.71. The average molecular weight is 238 g/mol. The average Bonchev–Trinajstić information content (AvgIpc) is 2.36. The van der Waals surface area contributed by atoms with Gasteiger partial charge in [0.15, 0.2) is 0 Å². The molecule has 2 N–H and O–H groups in total. The van der Waals surface area contributed by atoms with E-state index in [9.17, 15) is 0 Å². The maximum Gasteiger partial charge on any atom is 0.0365 e. The van der Waals surface area contributed by atoms with Crippen LogP contribution in [0.3, 0.4) is 0 Å². The molecule has 0 bridgehead atoms. The van der Waals surface area contributed by atoms with Crippen molar-refractivity contribution in [2.24, 2.45) is 0 Å². The lowest BCUT2D eigenvalue weighted by atomic mass is 9.77. The summed E-state index contributed by atoms with van der Waals surface area (Å²) in [6.45, 7) is 1.07. The topological polar surface area (TPSA) is 29.3 Å². The van der Waals surface area contributed by atoms with E-state index in [0.29, 0.717) is 5.92 Å². The van der Waals surface area contributed by atoms with E-state index in [4.69, 9.17) is 5.73 Å². The van der Waals surface area contributed by atoms with Gasteiger partial charge in [-0.05, 0) is 41.8 Å². The van der Waals surface area contributed by atoms with Crippen LogP contribution in [0.4, 0.5) is 11.4 Å². The molecule has 2 aromatic rings. The van der Waals surface area contributed by atoms with Crippen molar-refractivity contribution in [1.29, 1.82) is 0 Å². The van der Waals surface area contributed by atoms with E-state index >= 15 is 0 Å².